The minimum atomic E-state index is -0.179. The van der Waals surface area contributed by atoms with Crippen molar-refractivity contribution in [3.63, 3.8) is 0 Å². The van der Waals surface area contributed by atoms with Crippen molar-refractivity contribution in [1.29, 1.82) is 0 Å². The SMILES string of the molecule is COc1ccc(NC(=O)CCN(CC2CCCO2)C(C)=O)c(OC)c1. The maximum absolute atomic E-state index is 12.2. The maximum atomic E-state index is 12.2. The van der Waals surface area contributed by atoms with Gasteiger partial charge in [0.1, 0.15) is 11.5 Å². The molecule has 7 nitrogen and oxygen atoms in total. The van der Waals surface area contributed by atoms with Gasteiger partial charge in [0.25, 0.3) is 0 Å². The van der Waals surface area contributed by atoms with E-state index in [0.29, 0.717) is 30.3 Å². The van der Waals surface area contributed by atoms with Crippen molar-refractivity contribution in [2.24, 2.45) is 0 Å². The highest BCUT2D eigenvalue weighted by molar-refractivity contribution is 5.92. The summed E-state index contributed by atoms with van der Waals surface area (Å²) in [5.41, 5.74) is 0.571. The molecule has 0 saturated carbocycles. The van der Waals surface area contributed by atoms with Crippen LogP contribution in [0.25, 0.3) is 0 Å². The Morgan fingerprint density at radius 2 is 2.12 bits per heavy atom. The number of hydrogen-bond acceptors (Lipinski definition) is 5. The summed E-state index contributed by atoms with van der Waals surface area (Å²) >= 11 is 0. The van der Waals surface area contributed by atoms with E-state index in [1.807, 2.05) is 0 Å². The van der Waals surface area contributed by atoms with Crippen LogP contribution in [0.1, 0.15) is 26.2 Å². The predicted octanol–water partition coefficient (Wildman–Crippen LogP) is 2.06. The Labute approximate surface area is 148 Å². The molecule has 138 valence electrons. The summed E-state index contributed by atoms with van der Waals surface area (Å²) < 4.78 is 16.0. The van der Waals surface area contributed by atoms with E-state index >= 15 is 0 Å². The first-order valence-electron chi connectivity index (χ1n) is 8.42. The molecule has 0 aromatic heterocycles. The van der Waals surface area contributed by atoms with Crippen LogP contribution in [-0.4, -0.2) is 56.7 Å². The van der Waals surface area contributed by atoms with Crippen LogP contribution in [0.5, 0.6) is 11.5 Å². The lowest BCUT2D eigenvalue weighted by Gasteiger charge is -2.24. The topological polar surface area (TPSA) is 77.1 Å². The van der Waals surface area contributed by atoms with Crippen LogP contribution in [-0.2, 0) is 14.3 Å². The van der Waals surface area contributed by atoms with Gasteiger partial charge in [-0.05, 0) is 25.0 Å². The highest BCUT2D eigenvalue weighted by Crippen LogP contribution is 2.29. The van der Waals surface area contributed by atoms with Crippen molar-refractivity contribution in [1.82, 2.24) is 4.90 Å². The van der Waals surface area contributed by atoms with Gasteiger partial charge in [-0.2, -0.15) is 0 Å². The highest BCUT2D eigenvalue weighted by atomic mass is 16.5. The van der Waals surface area contributed by atoms with Crippen molar-refractivity contribution in [2.45, 2.75) is 32.3 Å². The molecule has 1 atom stereocenters. The third-order valence-corrected chi connectivity index (χ3v) is 4.18. The van der Waals surface area contributed by atoms with E-state index in [2.05, 4.69) is 5.32 Å². The Kier molecular flexibility index (Phi) is 7.06. The molecule has 0 radical (unpaired) electrons. The van der Waals surface area contributed by atoms with E-state index in [1.165, 1.54) is 14.0 Å². The largest absolute Gasteiger partial charge is 0.497 e. The Morgan fingerprint density at radius 3 is 2.72 bits per heavy atom. The van der Waals surface area contributed by atoms with E-state index in [4.69, 9.17) is 14.2 Å². The maximum Gasteiger partial charge on any atom is 0.226 e. The zero-order chi connectivity index (χ0) is 18.2. The Balaban J connectivity index is 1.89. The van der Waals surface area contributed by atoms with Crippen molar-refractivity contribution in [3.8, 4) is 11.5 Å². The van der Waals surface area contributed by atoms with Crippen LogP contribution in [0, 0.1) is 0 Å². The van der Waals surface area contributed by atoms with Gasteiger partial charge in [-0.3, -0.25) is 9.59 Å². The number of benzene rings is 1. The number of methoxy groups -OCH3 is 2. The average molecular weight is 350 g/mol. The number of ether oxygens (including phenoxy) is 3. The number of carbonyl (C=O) groups excluding carboxylic acids is 2. The molecule has 1 aliphatic rings. The van der Waals surface area contributed by atoms with Gasteiger partial charge in [-0.1, -0.05) is 0 Å². The molecule has 2 rings (SSSR count). The summed E-state index contributed by atoms with van der Waals surface area (Å²) in [5, 5.41) is 2.81. The minimum Gasteiger partial charge on any atom is -0.497 e. The van der Waals surface area contributed by atoms with Gasteiger partial charge in [-0.25, -0.2) is 0 Å². The van der Waals surface area contributed by atoms with Gasteiger partial charge in [-0.15, -0.1) is 0 Å². The smallest absolute Gasteiger partial charge is 0.226 e. The first-order chi connectivity index (χ1) is 12.0. The molecule has 1 aromatic rings. The van der Waals surface area contributed by atoms with Crippen LogP contribution in [0.4, 0.5) is 5.69 Å². The van der Waals surface area contributed by atoms with Crippen molar-refractivity contribution in [3.05, 3.63) is 18.2 Å². The molecule has 1 fully saturated rings. The number of nitrogens with one attached hydrogen (secondary N) is 1. The van der Waals surface area contributed by atoms with E-state index in [-0.39, 0.29) is 24.3 Å². The number of anilines is 1. The molecule has 0 bridgehead atoms. The normalized spacial score (nSPS) is 16.4. The first kappa shape index (κ1) is 19.1. The second-order valence-corrected chi connectivity index (χ2v) is 5.96. The van der Waals surface area contributed by atoms with Crippen molar-refractivity contribution < 1.29 is 23.8 Å². The Bertz CT molecular complexity index is 599. The summed E-state index contributed by atoms with van der Waals surface area (Å²) in [6, 6.07) is 5.18. The molecule has 0 aliphatic carbocycles. The lowest BCUT2D eigenvalue weighted by molar-refractivity contribution is -0.130. The molecular weight excluding hydrogens is 324 g/mol. The molecule has 1 saturated heterocycles. The van der Waals surface area contributed by atoms with E-state index < -0.39 is 0 Å². The number of hydrogen-bond donors (Lipinski definition) is 1. The van der Waals surface area contributed by atoms with Gasteiger partial charge < -0.3 is 24.4 Å². The van der Waals surface area contributed by atoms with Crippen LogP contribution < -0.4 is 14.8 Å². The van der Waals surface area contributed by atoms with Crippen LogP contribution in [0.3, 0.4) is 0 Å². The third kappa shape index (κ3) is 5.63. The molecule has 2 amide bonds. The monoisotopic (exact) mass is 350 g/mol. The Morgan fingerprint density at radius 1 is 1.32 bits per heavy atom. The first-order valence-corrected chi connectivity index (χ1v) is 8.42. The fourth-order valence-electron chi connectivity index (χ4n) is 2.76. The summed E-state index contributed by atoms with van der Waals surface area (Å²) in [6.07, 6.45) is 2.27. The summed E-state index contributed by atoms with van der Waals surface area (Å²) in [6.45, 7) is 3.15. The third-order valence-electron chi connectivity index (χ3n) is 4.18. The number of rotatable bonds is 8. The molecule has 7 heteroatoms. The van der Waals surface area contributed by atoms with E-state index in [0.717, 1.165) is 19.4 Å². The van der Waals surface area contributed by atoms with Gasteiger partial charge in [0.2, 0.25) is 11.8 Å². The summed E-state index contributed by atoms with van der Waals surface area (Å²) in [5.74, 6) is 0.942. The van der Waals surface area contributed by atoms with Crippen LogP contribution in [0.2, 0.25) is 0 Å². The van der Waals surface area contributed by atoms with Gasteiger partial charge in [0.05, 0.1) is 26.0 Å². The van der Waals surface area contributed by atoms with Crippen LogP contribution >= 0.6 is 0 Å². The summed E-state index contributed by atoms with van der Waals surface area (Å²) in [4.78, 5) is 25.7. The average Bonchev–Trinajstić information content (AvgIpc) is 3.11. The number of carbonyl (C=O) groups is 2. The fourth-order valence-corrected chi connectivity index (χ4v) is 2.76. The van der Waals surface area contributed by atoms with Crippen molar-refractivity contribution in [2.75, 3.05) is 39.2 Å². The van der Waals surface area contributed by atoms with Crippen molar-refractivity contribution >= 4 is 17.5 Å². The second kappa shape index (κ2) is 9.27. The summed E-state index contributed by atoms with van der Waals surface area (Å²) in [7, 11) is 3.10. The lowest BCUT2D eigenvalue weighted by atomic mass is 10.2. The zero-order valence-electron chi connectivity index (χ0n) is 15.0. The standard InChI is InChI=1S/C18H26N2O5/c1-13(21)20(12-15-5-4-10-25-15)9-8-18(22)19-16-7-6-14(23-2)11-17(16)24-3/h6-7,11,15H,4-5,8-10,12H2,1-3H3,(H,19,22). The lowest BCUT2D eigenvalue weighted by Crippen LogP contribution is -2.37. The molecule has 1 aromatic carbocycles. The quantitative estimate of drug-likeness (QED) is 0.776. The van der Waals surface area contributed by atoms with Gasteiger partial charge in [0.15, 0.2) is 0 Å². The zero-order valence-corrected chi connectivity index (χ0v) is 15.0. The fraction of sp³-hybridized carbons (Fsp3) is 0.556. The second-order valence-electron chi connectivity index (χ2n) is 5.96. The van der Waals surface area contributed by atoms with E-state index in [9.17, 15) is 9.59 Å². The number of nitrogens with zero attached hydrogens (tertiary/aromatic N) is 1. The number of amides is 2. The molecular formula is C18H26N2O5. The molecule has 25 heavy (non-hydrogen) atoms. The van der Waals surface area contributed by atoms with E-state index in [1.54, 1.807) is 30.2 Å². The molecule has 1 heterocycles. The molecule has 1 unspecified atom stereocenters. The molecule has 0 spiro atoms. The predicted molar refractivity (Wildman–Crippen MR) is 94.0 cm³/mol. The van der Waals surface area contributed by atoms with Crippen LogP contribution in [0.15, 0.2) is 18.2 Å². The highest BCUT2D eigenvalue weighted by Gasteiger charge is 2.21. The van der Waals surface area contributed by atoms with Gasteiger partial charge >= 0.3 is 0 Å². The molecule has 1 N–H and O–H groups in total. The Hall–Kier alpha value is -2.28. The molecule has 1 aliphatic heterocycles. The van der Waals surface area contributed by atoms with Gasteiger partial charge in [0, 0.05) is 39.1 Å². The minimum absolute atomic E-state index is 0.0506.